The van der Waals surface area contributed by atoms with Crippen LogP contribution in [0.3, 0.4) is 0 Å². The van der Waals surface area contributed by atoms with Gasteiger partial charge < -0.3 is 19.5 Å². The van der Waals surface area contributed by atoms with Gasteiger partial charge in [-0.05, 0) is 58.1 Å². The molecule has 1 aliphatic rings. The van der Waals surface area contributed by atoms with E-state index in [1.165, 1.54) is 18.3 Å². The number of hydrogen-bond donors (Lipinski definition) is 1. The van der Waals surface area contributed by atoms with E-state index in [1.807, 2.05) is 24.6 Å². The average Bonchev–Trinajstić information content (AvgIpc) is 3.20. The van der Waals surface area contributed by atoms with Crippen molar-refractivity contribution in [2.24, 2.45) is 7.05 Å². The van der Waals surface area contributed by atoms with E-state index < -0.39 is 27.4 Å². The molecule has 1 fully saturated rings. The molecule has 4 aromatic heterocycles. The third kappa shape index (κ3) is 4.48. The first-order valence-corrected chi connectivity index (χ1v) is 11.9. The van der Waals surface area contributed by atoms with Crippen molar-refractivity contribution >= 4 is 91.1 Å². The van der Waals surface area contributed by atoms with Gasteiger partial charge in [0.15, 0.2) is 0 Å². The summed E-state index contributed by atoms with van der Waals surface area (Å²) >= 11 is 0. The van der Waals surface area contributed by atoms with Gasteiger partial charge in [0.2, 0.25) is 0 Å². The molecule has 1 aliphatic heterocycles. The zero-order valence-corrected chi connectivity index (χ0v) is 21.7. The van der Waals surface area contributed by atoms with Gasteiger partial charge in [-0.1, -0.05) is 0 Å². The largest absolute Gasteiger partial charge is 0.405 e. The summed E-state index contributed by atoms with van der Waals surface area (Å²) in [6, 6.07) is 6.35. The zero-order valence-electron chi connectivity index (χ0n) is 21.7. The van der Waals surface area contributed by atoms with Crippen LogP contribution >= 0.6 is 0 Å². The third-order valence-electron chi connectivity index (χ3n) is 6.89. The molecule has 9 nitrogen and oxygen atoms in total. The Bertz CT molecular complexity index is 1620. The lowest BCUT2D eigenvalue weighted by molar-refractivity contribution is -0.0256. The lowest BCUT2D eigenvalue weighted by Gasteiger charge is -2.70. The number of carbonyl (C=O) groups is 1. The van der Waals surface area contributed by atoms with Gasteiger partial charge in [-0.25, -0.2) is 15.0 Å². The second-order valence-electron chi connectivity index (χ2n) is 9.77. The number of amides is 1. The van der Waals surface area contributed by atoms with Crippen LogP contribution in [0.5, 0.6) is 0 Å². The Labute approximate surface area is 242 Å². The maximum atomic E-state index is 13.2. The van der Waals surface area contributed by atoms with Crippen molar-refractivity contribution in [2.75, 3.05) is 10.2 Å². The van der Waals surface area contributed by atoms with E-state index >= 15 is 0 Å². The highest BCUT2D eigenvalue weighted by atomic mass is 16.5. The van der Waals surface area contributed by atoms with Crippen LogP contribution in [0.1, 0.15) is 16.2 Å². The van der Waals surface area contributed by atoms with Gasteiger partial charge >= 0.3 is 0 Å². The van der Waals surface area contributed by atoms with Gasteiger partial charge in [-0.3, -0.25) is 9.78 Å². The number of carbonyl (C=O) groups excluding carboxylic acids is 1. The van der Waals surface area contributed by atoms with Gasteiger partial charge in [0.05, 0.1) is 49.0 Å². The topological polar surface area (TPSA) is 98.1 Å². The molecule has 4 aromatic rings. The van der Waals surface area contributed by atoms with Crippen molar-refractivity contribution < 1.29 is 9.53 Å². The van der Waals surface area contributed by atoms with Crippen LogP contribution in [-0.2, 0) is 11.8 Å². The SMILES string of the molecule is [B]C1([B])OC([B])([B])C([B])([B])N(c2cc(C(=O)Nc3cc4cc(-c5cnc(C)n5C)ncc4cn3)ccn2)C1([B])[B]. The standard InChI is InChI=1S/C23H15B8N7O2/c1-11-33-10-16(37(11)2)15-5-13-6-17(35-9-14(13)8-34-15)36-19(39)12-3-4-32-18(7-12)38-20(24,25)22(28,29)40-23(30,31)21(38,26)27/h3-10H,1-2H3,(H,35,36,39). The van der Waals surface area contributed by atoms with Crippen LogP contribution in [0.2, 0.25) is 0 Å². The fourth-order valence-electron chi connectivity index (χ4n) is 4.33. The molecule has 0 atom stereocenters. The number of aromatic nitrogens is 5. The molecule has 5 heterocycles. The van der Waals surface area contributed by atoms with Crippen LogP contribution < -0.4 is 10.2 Å². The number of nitrogens with one attached hydrogen (secondary N) is 1. The van der Waals surface area contributed by atoms with Crippen molar-refractivity contribution in [3.05, 3.63) is 60.4 Å². The summed E-state index contributed by atoms with van der Waals surface area (Å²) in [6.07, 6.45) is 6.35. The van der Waals surface area contributed by atoms with Gasteiger partial charge in [0.25, 0.3) is 5.91 Å². The van der Waals surface area contributed by atoms with Crippen molar-refractivity contribution in [3.8, 4) is 11.4 Å². The van der Waals surface area contributed by atoms with Gasteiger partial charge in [-0.15, -0.1) is 0 Å². The molecule has 17 heteroatoms. The Kier molecular flexibility index (Phi) is 6.60. The van der Waals surface area contributed by atoms with E-state index in [4.69, 9.17) is 67.5 Å². The maximum Gasteiger partial charge on any atom is 0.257 e. The number of ether oxygens (including phenoxy) is 1. The van der Waals surface area contributed by atoms with E-state index in [0.29, 0.717) is 5.69 Å². The number of rotatable bonds is 4. The van der Waals surface area contributed by atoms with Crippen molar-refractivity contribution in [3.63, 3.8) is 0 Å². The van der Waals surface area contributed by atoms with Gasteiger partial charge in [-0.2, -0.15) is 0 Å². The fraction of sp³-hybridized carbons (Fsp3) is 0.261. The number of aryl methyl sites for hydroxylation is 1. The minimum absolute atomic E-state index is 0.0971. The molecule has 0 unspecified atom stereocenters. The smallest absolute Gasteiger partial charge is 0.257 e. The number of hydrogen-bond acceptors (Lipinski definition) is 7. The third-order valence-corrected chi connectivity index (χ3v) is 6.89. The highest BCUT2D eigenvalue weighted by molar-refractivity contribution is 6.61. The molecular weight excluding hydrogens is 493 g/mol. The molecule has 178 valence electrons. The molecule has 40 heavy (non-hydrogen) atoms. The summed E-state index contributed by atoms with van der Waals surface area (Å²) in [5, 5.41) is -4.85. The molecule has 5 rings (SSSR count). The average molecular weight is 508 g/mol. The van der Waals surface area contributed by atoms with E-state index in [2.05, 4.69) is 25.3 Å². The van der Waals surface area contributed by atoms with E-state index in [9.17, 15) is 4.79 Å². The molecule has 0 aromatic carbocycles. The van der Waals surface area contributed by atoms with E-state index in [0.717, 1.165) is 27.2 Å². The lowest BCUT2D eigenvalue weighted by Crippen LogP contribution is -2.86. The Hall–Kier alpha value is -3.33. The summed E-state index contributed by atoms with van der Waals surface area (Å²) in [4.78, 5) is 31.4. The Morgan fingerprint density at radius 1 is 0.850 bits per heavy atom. The van der Waals surface area contributed by atoms with E-state index in [-0.39, 0.29) is 17.2 Å². The van der Waals surface area contributed by atoms with Crippen LogP contribution in [0.15, 0.2) is 49.1 Å². The van der Waals surface area contributed by atoms with Crippen molar-refractivity contribution in [2.45, 2.75) is 28.4 Å². The normalized spacial score (nSPS) is 18.8. The number of imidazole rings is 1. The van der Waals surface area contributed by atoms with Crippen molar-refractivity contribution in [1.29, 1.82) is 0 Å². The van der Waals surface area contributed by atoms with Crippen molar-refractivity contribution in [1.82, 2.24) is 24.5 Å². The number of pyridine rings is 3. The summed E-state index contributed by atoms with van der Waals surface area (Å²) < 4.78 is 7.16. The molecule has 0 bridgehead atoms. The van der Waals surface area contributed by atoms with E-state index in [1.54, 1.807) is 24.7 Å². The summed E-state index contributed by atoms with van der Waals surface area (Å²) in [7, 11) is 50.5. The summed E-state index contributed by atoms with van der Waals surface area (Å²) in [5.74, 6) is 0.493. The van der Waals surface area contributed by atoms with Gasteiger partial charge in [0.1, 0.15) is 48.8 Å². The maximum absolute atomic E-state index is 13.2. The Morgan fingerprint density at radius 2 is 1.50 bits per heavy atom. The highest BCUT2D eigenvalue weighted by Gasteiger charge is 2.57. The fourth-order valence-corrected chi connectivity index (χ4v) is 4.33. The summed E-state index contributed by atoms with van der Waals surface area (Å²) in [5.41, 5.74) is 1.68. The Balaban J connectivity index is 1.46. The van der Waals surface area contributed by atoms with Crippen LogP contribution in [-0.4, -0.2) is 115 Å². The quantitative estimate of drug-likeness (QED) is 0.346. The Morgan fingerprint density at radius 3 is 2.12 bits per heavy atom. The first-order chi connectivity index (χ1) is 18.5. The minimum atomic E-state index is -2.32. The highest BCUT2D eigenvalue weighted by Crippen LogP contribution is 2.42. The first-order valence-electron chi connectivity index (χ1n) is 11.9. The molecule has 1 saturated heterocycles. The molecule has 1 N–H and O–H groups in total. The second kappa shape index (κ2) is 9.36. The van der Waals surface area contributed by atoms with Crippen LogP contribution in [0.25, 0.3) is 22.2 Å². The number of nitrogens with zero attached hydrogens (tertiary/aromatic N) is 6. The number of morpholine rings is 1. The molecule has 0 spiro atoms. The molecular formula is C23H15B8N7O2. The number of anilines is 2. The first kappa shape index (κ1) is 28.2. The van der Waals surface area contributed by atoms with Crippen LogP contribution in [0, 0.1) is 6.92 Å². The molecule has 16 radical (unpaired) electrons. The molecule has 1 amide bonds. The molecule has 0 aliphatic carbocycles. The number of fused-ring (bicyclic) bond motifs is 1. The predicted octanol–water partition coefficient (Wildman–Crippen LogP) is -1.21. The zero-order chi connectivity index (χ0) is 29.3. The van der Waals surface area contributed by atoms with Crippen LogP contribution in [0.4, 0.5) is 11.6 Å². The lowest BCUT2D eigenvalue weighted by atomic mass is 9.30. The second-order valence-corrected chi connectivity index (χ2v) is 9.77. The molecule has 0 saturated carbocycles. The monoisotopic (exact) mass is 509 g/mol. The summed E-state index contributed by atoms with van der Waals surface area (Å²) in [6.45, 7) is 1.90. The van der Waals surface area contributed by atoms with Gasteiger partial charge in [0, 0.05) is 36.6 Å². The predicted molar refractivity (Wildman–Crippen MR) is 159 cm³/mol. The minimum Gasteiger partial charge on any atom is -0.405 e.